The molecular weight excluding hydrogens is 433 g/mol. The first-order valence-electron chi connectivity index (χ1n) is 11.5. The van der Waals surface area contributed by atoms with Gasteiger partial charge in [-0.05, 0) is 60.4 Å². The summed E-state index contributed by atoms with van der Waals surface area (Å²) in [4.78, 5) is 4.41. The minimum absolute atomic E-state index is 0.131. The molecule has 0 atom stereocenters. The Morgan fingerprint density at radius 1 is 0.824 bits per heavy atom. The van der Waals surface area contributed by atoms with Crippen molar-refractivity contribution in [3.8, 4) is 0 Å². The Hall–Kier alpha value is -3.34. The number of rotatable bonds is 1. The maximum atomic E-state index is 14.0. The number of fused-ring (bicyclic) bond motifs is 6. The quantitative estimate of drug-likeness (QED) is 0.178. The fraction of sp³-hybridized carbons (Fsp3) is 0.276. The van der Waals surface area contributed by atoms with Crippen molar-refractivity contribution in [2.45, 2.75) is 47.2 Å². The van der Waals surface area contributed by atoms with E-state index in [1.165, 1.54) is 5.56 Å². The number of hydrogen-bond donors (Lipinski definition) is 0. The van der Waals surface area contributed by atoms with Crippen molar-refractivity contribution in [3.05, 3.63) is 70.9 Å². The number of alkyl halides is 3. The summed E-state index contributed by atoms with van der Waals surface area (Å²) in [6, 6.07) is 14.1. The first kappa shape index (κ1) is 21.2. The van der Waals surface area contributed by atoms with Crippen LogP contribution < -0.4 is 0 Å². The molecule has 0 saturated heterocycles. The Labute approximate surface area is 195 Å². The van der Waals surface area contributed by atoms with Crippen LogP contribution in [0.5, 0.6) is 0 Å². The molecule has 0 amide bonds. The highest BCUT2D eigenvalue weighted by atomic mass is 19.4. The topological polar surface area (TPSA) is 17.3 Å². The van der Waals surface area contributed by atoms with Gasteiger partial charge in [0, 0.05) is 27.7 Å². The van der Waals surface area contributed by atoms with Crippen LogP contribution in [0.15, 0.2) is 48.7 Å². The lowest BCUT2D eigenvalue weighted by atomic mass is 9.88. The lowest BCUT2D eigenvalue weighted by molar-refractivity contribution is -0.136. The average Bonchev–Trinajstić information content (AvgIpc) is 3.04. The highest BCUT2D eigenvalue weighted by Gasteiger charge is 2.34. The molecule has 0 bridgehead atoms. The van der Waals surface area contributed by atoms with E-state index in [1.54, 1.807) is 6.07 Å². The molecule has 3 heterocycles. The fourth-order valence-electron chi connectivity index (χ4n) is 5.70. The first-order valence-corrected chi connectivity index (χ1v) is 11.5. The predicted molar refractivity (Wildman–Crippen MR) is 134 cm³/mol. The van der Waals surface area contributed by atoms with E-state index in [2.05, 4.69) is 61.3 Å². The molecule has 0 saturated carbocycles. The SMILES string of the molecule is Cc1cc(C)c2c(c1)c1ncc(C(F)(F)F)c3ccc4c5cc(CC(C)(C)C)ccc5n2c4c31. The zero-order chi connectivity index (χ0) is 24.2. The monoisotopic (exact) mass is 458 g/mol. The molecule has 3 aromatic carbocycles. The fourth-order valence-corrected chi connectivity index (χ4v) is 5.70. The molecule has 0 aliphatic carbocycles. The highest BCUT2D eigenvalue weighted by molar-refractivity contribution is 6.28. The molecule has 0 unspecified atom stereocenters. The largest absolute Gasteiger partial charge is 0.418 e. The number of pyridine rings is 2. The van der Waals surface area contributed by atoms with E-state index < -0.39 is 11.7 Å². The third kappa shape index (κ3) is 2.92. The smallest absolute Gasteiger partial charge is 0.308 e. The van der Waals surface area contributed by atoms with E-state index in [9.17, 15) is 13.2 Å². The molecule has 172 valence electrons. The van der Waals surface area contributed by atoms with Crippen LogP contribution in [0.1, 0.15) is 43.0 Å². The Kier molecular flexibility index (Phi) is 4.13. The normalized spacial score (nSPS) is 13.4. The Bertz CT molecular complexity index is 1760. The number of halogens is 3. The van der Waals surface area contributed by atoms with Crippen LogP contribution in [-0.4, -0.2) is 9.38 Å². The molecule has 3 aromatic heterocycles. The summed E-state index contributed by atoms with van der Waals surface area (Å²) in [6.07, 6.45) is -2.56. The van der Waals surface area contributed by atoms with Crippen molar-refractivity contribution in [2.24, 2.45) is 5.41 Å². The molecule has 5 heteroatoms. The summed E-state index contributed by atoms with van der Waals surface area (Å²) < 4.78 is 44.0. The maximum Gasteiger partial charge on any atom is 0.418 e. The molecule has 0 N–H and O–H groups in total. The van der Waals surface area contributed by atoms with Crippen molar-refractivity contribution in [3.63, 3.8) is 0 Å². The summed E-state index contributed by atoms with van der Waals surface area (Å²) in [5.41, 5.74) is 6.26. The lowest BCUT2D eigenvalue weighted by Gasteiger charge is -2.18. The van der Waals surface area contributed by atoms with Gasteiger partial charge in [-0.25, -0.2) is 0 Å². The molecule has 0 aliphatic rings. The Morgan fingerprint density at radius 3 is 2.26 bits per heavy atom. The van der Waals surface area contributed by atoms with Gasteiger partial charge in [-0.3, -0.25) is 4.98 Å². The Balaban J connectivity index is 1.90. The number of nitrogens with zero attached hydrogens (tertiary/aromatic N) is 2. The average molecular weight is 459 g/mol. The van der Waals surface area contributed by atoms with Crippen LogP contribution in [-0.2, 0) is 12.6 Å². The van der Waals surface area contributed by atoms with Crippen LogP contribution in [0, 0.1) is 19.3 Å². The number of aromatic nitrogens is 2. The van der Waals surface area contributed by atoms with E-state index in [0.29, 0.717) is 10.9 Å². The number of benzene rings is 3. The van der Waals surface area contributed by atoms with Crippen molar-refractivity contribution < 1.29 is 13.2 Å². The second kappa shape index (κ2) is 6.62. The molecule has 34 heavy (non-hydrogen) atoms. The van der Waals surface area contributed by atoms with Crippen molar-refractivity contribution in [1.29, 1.82) is 0 Å². The molecule has 0 aliphatic heterocycles. The van der Waals surface area contributed by atoms with Gasteiger partial charge in [0.25, 0.3) is 0 Å². The van der Waals surface area contributed by atoms with Crippen molar-refractivity contribution in [1.82, 2.24) is 9.38 Å². The second-order valence-corrected chi connectivity index (χ2v) is 10.8. The maximum absolute atomic E-state index is 14.0. The van der Waals surface area contributed by atoms with Crippen molar-refractivity contribution >= 4 is 49.0 Å². The summed E-state index contributed by atoms with van der Waals surface area (Å²) in [5, 5.41) is 3.70. The molecule has 0 spiro atoms. The predicted octanol–water partition coefficient (Wildman–Crippen LogP) is 8.61. The number of aryl methyl sites for hydroxylation is 2. The minimum Gasteiger partial charge on any atom is -0.308 e. The number of hydrogen-bond acceptors (Lipinski definition) is 1. The van der Waals surface area contributed by atoms with E-state index in [4.69, 9.17) is 0 Å². The summed E-state index contributed by atoms with van der Waals surface area (Å²) in [6.45, 7) is 10.7. The summed E-state index contributed by atoms with van der Waals surface area (Å²) in [5.74, 6) is 0. The van der Waals surface area contributed by atoms with Crippen LogP contribution >= 0.6 is 0 Å². The van der Waals surface area contributed by atoms with Gasteiger partial charge in [0.2, 0.25) is 0 Å². The van der Waals surface area contributed by atoms with Gasteiger partial charge in [0.1, 0.15) is 0 Å². The van der Waals surface area contributed by atoms with Gasteiger partial charge < -0.3 is 4.40 Å². The van der Waals surface area contributed by atoms with Gasteiger partial charge in [-0.15, -0.1) is 0 Å². The van der Waals surface area contributed by atoms with E-state index >= 15 is 0 Å². The molecule has 0 fully saturated rings. The molecule has 0 radical (unpaired) electrons. The van der Waals surface area contributed by atoms with Crippen LogP contribution in [0.3, 0.4) is 0 Å². The molecule has 2 nitrogen and oxygen atoms in total. The Morgan fingerprint density at radius 2 is 1.56 bits per heavy atom. The van der Waals surface area contributed by atoms with Gasteiger partial charge in [0.15, 0.2) is 0 Å². The second-order valence-electron chi connectivity index (χ2n) is 10.8. The van der Waals surface area contributed by atoms with Crippen LogP contribution in [0.4, 0.5) is 13.2 Å². The molecular formula is C29H25F3N2. The van der Waals surface area contributed by atoms with E-state index in [-0.39, 0.29) is 10.8 Å². The van der Waals surface area contributed by atoms with Gasteiger partial charge in [0.05, 0.1) is 27.6 Å². The molecule has 6 rings (SSSR count). The van der Waals surface area contributed by atoms with E-state index in [0.717, 1.165) is 56.5 Å². The van der Waals surface area contributed by atoms with Gasteiger partial charge in [-0.1, -0.05) is 50.6 Å². The first-order chi connectivity index (χ1) is 15.9. The van der Waals surface area contributed by atoms with Gasteiger partial charge in [-0.2, -0.15) is 13.2 Å². The standard InChI is InChI=1S/C29H25F3N2/c1-15-10-16(2)26-21(11-15)25-24-19(22(14-33-25)29(30,31)32)8-7-18-20-12-17(13-28(3,4)5)6-9-23(20)34(26)27(18)24/h6-12,14H,13H2,1-5H3. The minimum atomic E-state index is -4.47. The summed E-state index contributed by atoms with van der Waals surface area (Å²) in [7, 11) is 0. The van der Waals surface area contributed by atoms with Crippen LogP contribution in [0.2, 0.25) is 0 Å². The molecule has 6 aromatic rings. The van der Waals surface area contributed by atoms with Crippen LogP contribution in [0.25, 0.3) is 49.0 Å². The highest BCUT2D eigenvalue weighted by Crippen LogP contribution is 2.45. The third-order valence-corrected chi connectivity index (χ3v) is 6.81. The summed E-state index contributed by atoms with van der Waals surface area (Å²) >= 11 is 0. The van der Waals surface area contributed by atoms with Crippen molar-refractivity contribution in [2.75, 3.05) is 0 Å². The zero-order valence-corrected chi connectivity index (χ0v) is 19.9. The van der Waals surface area contributed by atoms with E-state index in [1.807, 2.05) is 19.1 Å². The third-order valence-electron chi connectivity index (χ3n) is 6.81. The lowest BCUT2D eigenvalue weighted by Crippen LogP contribution is -2.08. The zero-order valence-electron chi connectivity index (χ0n) is 19.9. The van der Waals surface area contributed by atoms with Gasteiger partial charge >= 0.3 is 6.18 Å².